The van der Waals surface area contributed by atoms with E-state index in [1.54, 1.807) is 12.1 Å². The lowest BCUT2D eigenvalue weighted by Crippen LogP contribution is -2.00. The van der Waals surface area contributed by atoms with Gasteiger partial charge < -0.3 is 5.73 Å². The molecule has 0 aliphatic heterocycles. The van der Waals surface area contributed by atoms with Gasteiger partial charge in [0.15, 0.2) is 5.78 Å². The van der Waals surface area contributed by atoms with Crippen LogP contribution in [0.2, 0.25) is 10.0 Å². The highest BCUT2D eigenvalue weighted by atomic mass is 35.5. The third kappa shape index (κ3) is 6.71. The Bertz CT molecular complexity index is 437. The van der Waals surface area contributed by atoms with Gasteiger partial charge in [-0.2, -0.15) is 0 Å². The van der Waals surface area contributed by atoms with E-state index in [1.165, 1.54) is 38.5 Å². The molecule has 0 spiro atoms. The Morgan fingerprint density at radius 1 is 0.952 bits per heavy atom. The number of hydrogen-bond donors (Lipinski definition) is 1. The van der Waals surface area contributed by atoms with E-state index < -0.39 is 0 Å². The van der Waals surface area contributed by atoms with Gasteiger partial charge in [-0.3, -0.25) is 4.79 Å². The highest BCUT2D eigenvalue weighted by Crippen LogP contribution is 2.29. The Kier molecular flexibility index (Phi) is 8.79. The Labute approximate surface area is 138 Å². The summed E-state index contributed by atoms with van der Waals surface area (Å²) in [6.45, 7) is 2.22. The first-order valence-corrected chi connectivity index (χ1v) is 8.59. The number of Topliss-reactive ketones (excluding diaryl/α,β-unsaturated/α-hetero) is 1. The van der Waals surface area contributed by atoms with Crippen molar-refractivity contribution in [2.24, 2.45) is 0 Å². The van der Waals surface area contributed by atoms with Crippen LogP contribution < -0.4 is 5.73 Å². The number of anilines is 1. The maximum absolute atomic E-state index is 12.1. The molecule has 0 saturated heterocycles. The van der Waals surface area contributed by atoms with E-state index in [2.05, 4.69) is 6.92 Å². The van der Waals surface area contributed by atoms with Crippen LogP contribution in [0.3, 0.4) is 0 Å². The number of rotatable bonds is 10. The normalized spacial score (nSPS) is 10.8. The van der Waals surface area contributed by atoms with Gasteiger partial charge >= 0.3 is 0 Å². The van der Waals surface area contributed by atoms with E-state index in [4.69, 9.17) is 28.9 Å². The number of hydrogen-bond acceptors (Lipinski definition) is 2. The highest BCUT2D eigenvalue weighted by molar-refractivity contribution is 6.39. The second kappa shape index (κ2) is 10.1. The van der Waals surface area contributed by atoms with E-state index in [9.17, 15) is 4.79 Å². The number of nitrogen functional groups attached to an aromatic ring is 1. The fourth-order valence-electron chi connectivity index (χ4n) is 2.31. The van der Waals surface area contributed by atoms with Gasteiger partial charge in [0.1, 0.15) is 0 Å². The van der Waals surface area contributed by atoms with Crippen molar-refractivity contribution >= 4 is 34.7 Å². The Morgan fingerprint density at radius 3 is 1.95 bits per heavy atom. The molecule has 0 fully saturated rings. The molecule has 0 amide bonds. The van der Waals surface area contributed by atoms with Gasteiger partial charge in [-0.1, -0.05) is 75.1 Å². The molecular formula is C17H25Cl2NO. The first-order chi connectivity index (χ1) is 10.1. The molecule has 0 aliphatic rings. The number of halogens is 2. The lowest BCUT2D eigenvalue weighted by atomic mass is 10.0. The summed E-state index contributed by atoms with van der Waals surface area (Å²) in [6.07, 6.45) is 10.3. The van der Waals surface area contributed by atoms with Crippen molar-refractivity contribution in [1.82, 2.24) is 0 Å². The average molecular weight is 330 g/mol. The second-order valence-electron chi connectivity index (χ2n) is 5.50. The summed E-state index contributed by atoms with van der Waals surface area (Å²) >= 11 is 11.9. The number of unbranched alkanes of at least 4 members (excludes halogenated alkanes) is 7. The largest absolute Gasteiger partial charge is 0.396 e. The van der Waals surface area contributed by atoms with Crippen LogP contribution in [-0.2, 0) is 0 Å². The summed E-state index contributed by atoms with van der Waals surface area (Å²) in [4.78, 5) is 12.1. The van der Waals surface area contributed by atoms with Crippen molar-refractivity contribution in [3.8, 4) is 0 Å². The predicted octanol–water partition coefficient (Wildman–Crippen LogP) is 6.29. The minimum absolute atomic E-state index is 0.0878. The van der Waals surface area contributed by atoms with Crippen molar-refractivity contribution < 1.29 is 4.79 Å². The molecule has 0 saturated carbocycles. The molecule has 0 unspecified atom stereocenters. The molecule has 2 nitrogen and oxygen atoms in total. The van der Waals surface area contributed by atoms with Crippen LogP contribution in [0, 0.1) is 0 Å². The first-order valence-electron chi connectivity index (χ1n) is 7.84. The fourth-order valence-corrected chi connectivity index (χ4v) is 2.80. The van der Waals surface area contributed by atoms with Crippen LogP contribution in [0.15, 0.2) is 12.1 Å². The van der Waals surface area contributed by atoms with Gasteiger partial charge in [0.25, 0.3) is 0 Å². The van der Waals surface area contributed by atoms with Crippen LogP contribution in [0.5, 0.6) is 0 Å². The van der Waals surface area contributed by atoms with Gasteiger partial charge in [-0.15, -0.1) is 0 Å². The van der Waals surface area contributed by atoms with Crippen molar-refractivity contribution in [3.63, 3.8) is 0 Å². The van der Waals surface area contributed by atoms with Gasteiger partial charge in [-0.05, 0) is 18.6 Å². The zero-order valence-corrected chi connectivity index (χ0v) is 14.3. The van der Waals surface area contributed by atoms with E-state index in [0.717, 1.165) is 12.8 Å². The monoisotopic (exact) mass is 329 g/mol. The van der Waals surface area contributed by atoms with Crippen LogP contribution in [0.1, 0.15) is 75.1 Å². The van der Waals surface area contributed by atoms with Crippen molar-refractivity contribution in [3.05, 3.63) is 27.7 Å². The average Bonchev–Trinajstić information content (AvgIpc) is 2.46. The van der Waals surface area contributed by atoms with Crippen LogP contribution >= 0.6 is 23.2 Å². The first kappa shape index (κ1) is 18.3. The maximum atomic E-state index is 12.1. The summed E-state index contributed by atoms with van der Waals surface area (Å²) in [5, 5.41) is 0.698. The zero-order valence-electron chi connectivity index (χ0n) is 12.8. The molecule has 1 aromatic carbocycles. The van der Waals surface area contributed by atoms with E-state index in [-0.39, 0.29) is 5.78 Å². The molecular weight excluding hydrogens is 305 g/mol. The smallest absolute Gasteiger partial charge is 0.162 e. The van der Waals surface area contributed by atoms with Crippen LogP contribution in [0.25, 0.3) is 0 Å². The standard InChI is InChI=1S/C17H25Cl2NO/c1-2-3-4-5-6-7-8-9-10-16(21)13-11-14(18)17(20)15(19)12-13/h11-12H,2-10,20H2,1H3. The molecule has 0 atom stereocenters. The Hall–Kier alpha value is -0.730. The van der Waals surface area contributed by atoms with Crippen LogP contribution in [-0.4, -0.2) is 5.78 Å². The number of benzene rings is 1. The van der Waals surface area contributed by atoms with E-state index >= 15 is 0 Å². The molecule has 1 aromatic rings. The third-order valence-corrected chi connectivity index (χ3v) is 4.28. The molecule has 0 aromatic heterocycles. The SMILES string of the molecule is CCCCCCCCCCC(=O)c1cc(Cl)c(N)c(Cl)c1. The van der Waals surface area contributed by atoms with Gasteiger partial charge in [0.2, 0.25) is 0 Å². The third-order valence-electron chi connectivity index (χ3n) is 3.66. The van der Waals surface area contributed by atoms with Crippen LogP contribution in [0.4, 0.5) is 5.69 Å². The van der Waals surface area contributed by atoms with E-state index in [0.29, 0.717) is 27.7 Å². The quantitative estimate of drug-likeness (QED) is 0.311. The summed E-state index contributed by atoms with van der Waals surface area (Å²) in [6, 6.07) is 3.21. The molecule has 1 rings (SSSR count). The summed E-state index contributed by atoms with van der Waals surface area (Å²) in [5.74, 6) is 0.0878. The molecule has 0 aliphatic carbocycles. The number of ketones is 1. The highest BCUT2D eigenvalue weighted by Gasteiger charge is 2.11. The Balaban J connectivity index is 2.25. The van der Waals surface area contributed by atoms with Gasteiger partial charge in [0, 0.05) is 12.0 Å². The van der Waals surface area contributed by atoms with Crippen molar-refractivity contribution in [2.75, 3.05) is 5.73 Å². The summed E-state index contributed by atoms with van der Waals surface area (Å²) < 4.78 is 0. The second-order valence-corrected chi connectivity index (χ2v) is 6.32. The predicted molar refractivity (Wildman–Crippen MR) is 92.4 cm³/mol. The van der Waals surface area contributed by atoms with Crippen molar-refractivity contribution in [2.45, 2.75) is 64.7 Å². The minimum Gasteiger partial charge on any atom is -0.396 e. The van der Waals surface area contributed by atoms with Gasteiger partial charge in [-0.25, -0.2) is 0 Å². The van der Waals surface area contributed by atoms with E-state index in [1.807, 2.05) is 0 Å². The molecule has 0 radical (unpaired) electrons. The Morgan fingerprint density at radius 2 is 1.43 bits per heavy atom. The molecule has 21 heavy (non-hydrogen) atoms. The molecule has 0 bridgehead atoms. The van der Waals surface area contributed by atoms with Gasteiger partial charge in [0.05, 0.1) is 15.7 Å². The summed E-state index contributed by atoms with van der Waals surface area (Å²) in [7, 11) is 0. The summed E-state index contributed by atoms with van der Waals surface area (Å²) in [5.41, 5.74) is 6.56. The number of carbonyl (C=O) groups excluding carboxylic acids is 1. The minimum atomic E-state index is 0.0878. The number of nitrogens with two attached hydrogens (primary N) is 1. The topological polar surface area (TPSA) is 43.1 Å². The fraction of sp³-hybridized carbons (Fsp3) is 0.588. The molecule has 2 N–H and O–H groups in total. The molecule has 118 valence electrons. The zero-order chi connectivity index (χ0) is 15.7. The maximum Gasteiger partial charge on any atom is 0.162 e. The molecule has 4 heteroatoms. The molecule has 0 heterocycles. The lowest BCUT2D eigenvalue weighted by molar-refractivity contribution is 0.0979. The lowest BCUT2D eigenvalue weighted by Gasteiger charge is -2.06. The number of carbonyl (C=O) groups is 1. The van der Waals surface area contributed by atoms with Crippen molar-refractivity contribution in [1.29, 1.82) is 0 Å².